The number of nitrogen functional groups attached to an aromatic ring is 1. The molecular formula is C16H15FN6O. The highest BCUT2D eigenvalue weighted by molar-refractivity contribution is 5.98. The third kappa shape index (κ3) is 2.55. The van der Waals surface area contributed by atoms with Crippen LogP contribution in [0.5, 0.6) is 0 Å². The molecule has 0 spiro atoms. The number of anilines is 2. The molecule has 1 aliphatic rings. The molecule has 7 nitrogen and oxygen atoms in total. The smallest absolute Gasteiger partial charge is 0.231 e. The molecule has 0 saturated heterocycles. The van der Waals surface area contributed by atoms with Gasteiger partial charge >= 0.3 is 0 Å². The van der Waals surface area contributed by atoms with Crippen molar-refractivity contribution in [3.8, 4) is 11.3 Å². The van der Waals surface area contributed by atoms with Crippen molar-refractivity contribution in [2.45, 2.75) is 12.6 Å². The van der Waals surface area contributed by atoms with Crippen LogP contribution in [0.4, 0.5) is 16.0 Å². The van der Waals surface area contributed by atoms with Gasteiger partial charge in [0.15, 0.2) is 0 Å². The molecule has 1 aliphatic carbocycles. The number of fused-ring (bicyclic) bond motifs is 1. The molecule has 24 heavy (non-hydrogen) atoms. The van der Waals surface area contributed by atoms with Crippen LogP contribution in [0.15, 0.2) is 30.7 Å². The van der Waals surface area contributed by atoms with E-state index in [1.807, 2.05) is 19.3 Å². The summed E-state index contributed by atoms with van der Waals surface area (Å²) in [6.07, 6.45) is 4.34. The van der Waals surface area contributed by atoms with Crippen molar-refractivity contribution in [2.75, 3.05) is 11.1 Å². The van der Waals surface area contributed by atoms with Crippen LogP contribution in [-0.2, 0) is 11.8 Å². The number of nitrogens with two attached hydrogens (primary N) is 1. The number of halogens is 1. The summed E-state index contributed by atoms with van der Waals surface area (Å²) in [7, 11) is 1.82. The molecule has 3 N–H and O–H groups in total. The number of nitrogens with one attached hydrogen (secondary N) is 1. The lowest BCUT2D eigenvalue weighted by atomic mass is 10.1. The average Bonchev–Trinajstić information content (AvgIpc) is 3.12. The van der Waals surface area contributed by atoms with Crippen LogP contribution in [0.3, 0.4) is 0 Å². The predicted molar refractivity (Wildman–Crippen MR) is 87.8 cm³/mol. The fourth-order valence-electron chi connectivity index (χ4n) is 2.60. The topological polar surface area (TPSA) is 98.7 Å². The third-order valence-electron chi connectivity index (χ3n) is 4.05. The van der Waals surface area contributed by atoms with E-state index in [0.29, 0.717) is 22.7 Å². The lowest BCUT2D eigenvalue weighted by Gasteiger charge is -2.08. The van der Waals surface area contributed by atoms with Gasteiger partial charge in [-0.25, -0.2) is 14.4 Å². The number of hydrogen-bond acceptors (Lipinski definition) is 5. The molecule has 0 bridgehead atoms. The molecule has 1 amide bonds. The van der Waals surface area contributed by atoms with Crippen molar-refractivity contribution < 1.29 is 9.18 Å². The summed E-state index contributed by atoms with van der Waals surface area (Å²) in [4.78, 5) is 20.4. The highest BCUT2D eigenvalue weighted by Gasteiger charge is 2.43. The zero-order chi connectivity index (χ0) is 16.8. The van der Waals surface area contributed by atoms with Crippen LogP contribution in [0.25, 0.3) is 22.0 Å². The Kier molecular flexibility index (Phi) is 3.19. The average molecular weight is 326 g/mol. The fraction of sp³-hybridized carbons (Fsp3) is 0.250. The standard InChI is InChI=1S/C16H15FN6O/c1-23-7-9(5-20-23)13-2-8-3-14(19-6-11(8)15(18)21-13)22-16(24)10-4-12(10)17/h2-3,5-7,10,12H,4H2,1H3,(H2,18,21)(H,19,22,24)/t10?,12-/m0/s1. The first-order valence-corrected chi connectivity index (χ1v) is 7.51. The SMILES string of the molecule is Cn1cc(-c2cc3cc(NC(=O)C4C[C@@H]4F)ncc3c(N)n2)cn1. The number of nitrogens with zero attached hydrogens (tertiary/aromatic N) is 4. The van der Waals surface area contributed by atoms with Gasteiger partial charge in [-0.05, 0) is 23.9 Å². The largest absolute Gasteiger partial charge is 0.383 e. The number of amides is 1. The third-order valence-corrected chi connectivity index (χ3v) is 4.05. The number of rotatable bonds is 3. The van der Waals surface area contributed by atoms with Crippen LogP contribution in [0.1, 0.15) is 6.42 Å². The van der Waals surface area contributed by atoms with Gasteiger partial charge in [0.2, 0.25) is 5.91 Å². The van der Waals surface area contributed by atoms with E-state index >= 15 is 0 Å². The van der Waals surface area contributed by atoms with Crippen LogP contribution in [-0.4, -0.2) is 31.8 Å². The number of carbonyl (C=O) groups is 1. The Bertz CT molecular complexity index is 953. The minimum Gasteiger partial charge on any atom is -0.383 e. The van der Waals surface area contributed by atoms with Crippen LogP contribution in [0, 0.1) is 5.92 Å². The Morgan fingerprint density at radius 1 is 1.42 bits per heavy atom. The fourth-order valence-corrected chi connectivity index (χ4v) is 2.60. The van der Waals surface area contributed by atoms with E-state index in [2.05, 4.69) is 20.4 Å². The normalized spacial score (nSPS) is 19.4. The summed E-state index contributed by atoms with van der Waals surface area (Å²) in [6, 6.07) is 3.57. The molecule has 1 unspecified atom stereocenters. The van der Waals surface area contributed by atoms with Crippen molar-refractivity contribution in [3.05, 3.63) is 30.7 Å². The molecular weight excluding hydrogens is 311 g/mol. The van der Waals surface area contributed by atoms with E-state index in [-0.39, 0.29) is 12.3 Å². The first kappa shape index (κ1) is 14.6. The summed E-state index contributed by atoms with van der Waals surface area (Å²) >= 11 is 0. The summed E-state index contributed by atoms with van der Waals surface area (Å²) in [5, 5.41) is 8.25. The summed E-state index contributed by atoms with van der Waals surface area (Å²) < 4.78 is 14.6. The molecule has 3 aromatic rings. The highest BCUT2D eigenvalue weighted by atomic mass is 19.1. The van der Waals surface area contributed by atoms with E-state index in [1.54, 1.807) is 23.1 Å². The van der Waals surface area contributed by atoms with Gasteiger partial charge < -0.3 is 11.1 Å². The number of aryl methyl sites for hydroxylation is 1. The maximum atomic E-state index is 13.0. The van der Waals surface area contributed by atoms with E-state index in [1.165, 1.54) is 0 Å². The van der Waals surface area contributed by atoms with Crippen molar-refractivity contribution in [2.24, 2.45) is 13.0 Å². The van der Waals surface area contributed by atoms with Gasteiger partial charge in [-0.1, -0.05) is 0 Å². The zero-order valence-corrected chi connectivity index (χ0v) is 12.9. The first-order valence-electron chi connectivity index (χ1n) is 7.51. The van der Waals surface area contributed by atoms with Crippen molar-refractivity contribution in [3.63, 3.8) is 0 Å². The second-order valence-electron chi connectivity index (χ2n) is 5.93. The molecule has 0 aliphatic heterocycles. The Balaban J connectivity index is 1.70. The Hall–Kier alpha value is -3.03. The van der Waals surface area contributed by atoms with Crippen molar-refractivity contribution in [1.29, 1.82) is 0 Å². The first-order chi connectivity index (χ1) is 11.5. The van der Waals surface area contributed by atoms with Crippen molar-refractivity contribution >= 4 is 28.3 Å². The number of carbonyl (C=O) groups excluding carboxylic acids is 1. The molecule has 0 aromatic carbocycles. The van der Waals surface area contributed by atoms with Crippen LogP contribution >= 0.6 is 0 Å². The number of alkyl halides is 1. The van der Waals surface area contributed by atoms with Gasteiger partial charge in [-0.2, -0.15) is 5.10 Å². The molecule has 0 radical (unpaired) electrons. The van der Waals surface area contributed by atoms with E-state index in [9.17, 15) is 9.18 Å². The minimum absolute atomic E-state index is 0.279. The Morgan fingerprint density at radius 3 is 2.88 bits per heavy atom. The molecule has 8 heteroatoms. The zero-order valence-electron chi connectivity index (χ0n) is 12.9. The predicted octanol–water partition coefficient (Wildman–Crippen LogP) is 1.91. The van der Waals surface area contributed by atoms with Gasteiger partial charge in [-0.3, -0.25) is 9.48 Å². The Morgan fingerprint density at radius 2 is 2.21 bits per heavy atom. The second-order valence-corrected chi connectivity index (χ2v) is 5.93. The van der Waals surface area contributed by atoms with Gasteiger partial charge in [0.05, 0.1) is 17.8 Å². The summed E-state index contributed by atoms with van der Waals surface area (Å²) in [5.41, 5.74) is 7.54. The maximum Gasteiger partial charge on any atom is 0.231 e. The summed E-state index contributed by atoms with van der Waals surface area (Å²) in [5.74, 6) is -0.183. The van der Waals surface area contributed by atoms with Gasteiger partial charge in [0, 0.05) is 30.4 Å². The maximum absolute atomic E-state index is 13.0. The highest BCUT2D eigenvalue weighted by Crippen LogP contribution is 2.35. The summed E-state index contributed by atoms with van der Waals surface area (Å²) in [6.45, 7) is 0. The lowest BCUT2D eigenvalue weighted by Crippen LogP contribution is -2.15. The molecule has 3 aromatic heterocycles. The monoisotopic (exact) mass is 326 g/mol. The molecule has 1 fully saturated rings. The number of pyridine rings is 2. The number of aromatic nitrogens is 4. The van der Waals surface area contributed by atoms with Gasteiger partial charge in [-0.15, -0.1) is 0 Å². The van der Waals surface area contributed by atoms with E-state index < -0.39 is 12.1 Å². The molecule has 3 heterocycles. The molecule has 2 atom stereocenters. The Labute approximate surface area is 136 Å². The lowest BCUT2D eigenvalue weighted by molar-refractivity contribution is -0.117. The van der Waals surface area contributed by atoms with Gasteiger partial charge in [0.25, 0.3) is 0 Å². The number of hydrogen-bond donors (Lipinski definition) is 2. The molecule has 122 valence electrons. The van der Waals surface area contributed by atoms with E-state index in [0.717, 1.165) is 10.9 Å². The minimum atomic E-state index is -1.04. The van der Waals surface area contributed by atoms with Gasteiger partial charge in [0.1, 0.15) is 17.8 Å². The van der Waals surface area contributed by atoms with Crippen LogP contribution < -0.4 is 11.1 Å². The van der Waals surface area contributed by atoms with Crippen molar-refractivity contribution in [1.82, 2.24) is 19.7 Å². The molecule has 4 rings (SSSR count). The van der Waals surface area contributed by atoms with Crippen LogP contribution in [0.2, 0.25) is 0 Å². The quantitative estimate of drug-likeness (QED) is 0.766. The second kappa shape index (κ2) is 5.26. The van der Waals surface area contributed by atoms with E-state index in [4.69, 9.17) is 5.73 Å². The molecule has 1 saturated carbocycles.